The van der Waals surface area contributed by atoms with E-state index < -0.39 is 0 Å². The number of hydrogen-bond acceptors (Lipinski definition) is 3. The van der Waals surface area contributed by atoms with E-state index in [-0.39, 0.29) is 18.3 Å². The maximum absolute atomic E-state index is 12.3. The SMILES string of the molecule is CC(C)Cn1ccnc1NC(=O)CC1CC2CCC(C1)N2.Cl. The largest absolute Gasteiger partial charge is 0.317 e. The van der Waals surface area contributed by atoms with E-state index in [1.54, 1.807) is 6.20 Å². The van der Waals surface area contributed by atoms with E-state index in [0.717, 1.165) is 19.4 Å². The highest BCUT2D eigenvalue weighted by molar-refractivity contribution is 5.89. The Morgan fingerprint density at radius 2 is 2.09 bits per heavy atom. The number of hydrogen-bond donors (Lipinski definition) is 2. The van der Waals surface area contributed by atoms with Gasteiger partial charge in [0.1, 0.15) is 0 Å². The molecule has 2 aliphatic rings. The maximum atomic E-state index is 12.3. The Morgan fingerprint density at radius 1 is 1.41 bits per heavy atom. The van der Waals surface area contributed by atoms with Gasteiger partial charge in [0.2, 0.25) is 11.9 Å². The lowest BCUT2D eigenvalue weighted by atomic mass is 9.89. The van der Waals surface area contributed by atoms with E-state index in [9.17, 15) is 4.79 Å². The van der Waals surface area contributed by atoms with E-state index >= 15 is 0 Å². The van der Waals surface area contributed by atoms with Gasteiger partial charge in [0.15, 0.2) is 0 Å². The van der Waals surface area contributed by atoms with Crippen molar-refractivity contribution in [2.45, 2.75) is 64.6 Å². The molecule has 6 heteroatoms. The molecule has 0 spiro atoms. The van der Waals surface area contributed by atoms with Gasteiger partial charge in [-0.15, -0.1) is 12.4 Å². The van der Waals surface area contributed by atoms with Gasteiger partial charge < -0.3 is 9.88 Å². The van der Waals surface area contributed by atoms with Crippen molar-refractivity contribution in [2.24, 2.45) is 11.8 Å². The molecule has 3 rings (SSSR count). The third-order valence-electron chi connectivity index (χ3n) is 4.57. The zero-order chi connectivity index (χ0) is 14.8. The molecule has 0 saturated carbocycles. The third-order valence-corrected chi connectivity index (χ3v) is 4.57. The Balaban J connectivity index is 0.00000176. The van der Waals surface area contributed by atoms with Crippen molar-refractivity contribution in [1.82, 2.24) is 14.9 Å². The van der Waals surface area contributed by atoms with Crippen molar-refractivity contribution < 1.29 is 4.79 Å². The summed E-state index contributed by atoms with van der Waals surface area (Å²) < 4.78 is 2.02. The van der Waals surface area contributed by atoms with Gasteiger partial charge >= 0.3 is 0 Å². The van der Waals surface area contributed by atoms with Crippen LogP contribution >= 0.6 is 12.4 Å². The molecule has 2 bridgehead atoms. The summed E-state index contributed by atoms with van der Waals surface area (Å²) in [6.07, 6.45) is 9.16. The van der Waals surface area contributed by atoms with Crippen LogP contribution in [0.4, 0.5) is 5.95 Å². The van der Waals surface area contributed by atoms with Crippen molar-refractivity contribution in [3.63, 3.8) is 0 Å². The van der Waals surface area contributed by atoms with Crippen LogP contribution in [-0.4, -0.2) is 27.5 Å². The fourth-order valence-electron chi connectivity index (χ4n) is 3.75. The van der Waals surface area contributed by atoms with Gasteiger partial charge in [-0.05, 0) is 37.5 Å². The van der Waals surface area contributed by atoms with Crippen molar-refractivity contribution in [3.8, 4) is 0 Å². The van der Waals surface area contributed by atoms with Crippen molar-refractivity contribution in [1.29, 1.82) is 0 Å². The predicted molar refractivity (Wildman–Crippen MR) is 90.2 cm³/mol. The predicted octanol–water partition coefficient (Wildman–Crippen LogP) is 2.82. The highest BCUT2D eigenvalue weighted by Gasteiger charge is 2.34. The van der Waals surface area contributed by atoms with Crippen LogP contribution < -0.4 is 10.6 Å². The van der Waals surface area contributed by atoms with Crippen molar-refractivity contribution >= 4 is 24.3 Å². The Hall–Kier alpha value is -1.07. The van der Waals surface area contributed by atoms with Crippen molar-refractivity contribution in [2.75, 3.05) is 5.32 Å². The molecule has 124 valence electrons. The number of nitrogens with zero attached hydrogens (tertiary/aromatic N) is 2. The average Bonchev–Trinajstić information content (AvgIpc) is 2.96. The number of nitrogens with one attached hydrogen (secondary N) is 2. The maximum Gasteiger partial charge on any atom is 0.226 e. The highest BCUT2D eigenvalue weighted by atomic mass is 35.5. The van der Waals surface area contributed by atoms with E-state index in [1.807, 2.05) is 10.8 Å². The van der Waals surface area contributed by atoms with E-state index in [2.05, 4.69) is 29.5 Å². The molecule has 1 amide bonds. The topological polar surface area (TPSA) is 59.0 Å². The van der Waals surface area contributed by atoms with Crippen LogP contribution in [0.15, 0.2) is 12.4 Å². The first-order valence-corrected chi connectivity index (χ1v) is 8.17. The van der Waals surface area contributed by atoms with Gasteiger partial charge in [-0.2, -0.15) is 0 Å². The Kier molecular flexibility index (Phi) is 5.87. The summed E-state index contributed by atoms with van der Waals surface area (Å²) in [6, 6.07) is 1.29. The lowest BCUT2D eigenvalue weighted by Gasteiger charge is -2.28. The Labute approximate surface area is 138 Å². The molecule has 2 saturated heterocycles. The molecule has 0 aromatic carbocycles. The summed E-state index contributed by atoms with van der Waals surface area (Å²) in [6.45, 7) is 5.21. The number of carbonyl (C=O) groups excluding carboxylic acids is 1. The molecule has 22 heavy (non-hydrogen) atoms. The molecule has 0 radical (unpaired) electrons. The minimum Gasteiger partial charge on any atom is -0.317 e. The molecular weight excluding hydrogens is 300 g/mol. The summed E-state index contributed by atoms with van der Waals surface area (Å²) in [7, 11) is 0. The van der Waals surface area contributed by atoms with Gasteiger partial charge in [-0.25, -0.2) is 4.98 Å². The minimum atomic E-state index is 0. The number of halogens is 1. The second kappa shape index (κ2) is 7.47. The summed E-state index contributed by atoms with van der Waals surface area (Å²) in [5, 5.41) is 6.61. The zero-order valence-electron chi connectivity index (χ0n) is 13.4. The summed E-state index contributed by atoms with van der Waals surface area (Å²) in [5.74, 6) is 1.86. The number of carbonyl (C=O) groups is 1. The van der Waals surface area contributed by atoms with Crippen molar-refractivity contribution in [3.05, 3.63) is 12.4 Å². The van der Waals surface area contributed by atoms with E-state index in [0.29, 0.717) is 36.3 Å². The molecule has 3 heterocycles. The number of amides is 1. The standard InChI is InChI=1S/C16H26N4O.ClH/c1-11(2)10-20-6-5-17-16(20)19-15(21)9-12-7-13-3-4-14(8-12)18-13;/h5-6,11-14,18H,3-4,7-10H2,1-2H3,(H,17,19,21);1H. The fraction of sp³-hybridized carbons (Fsp3) is 0.750. The molecule has 0 aliphatic carbocycles. The Bertz CT molecular complexity index is 490. The molecule has 2 N–H and O–H groups in total. The lowest BCUT2D eigenvalue weighted by molar-refractivity contribution is -0.117. The molecule has 2 aliphatic heterocycles. The van der Waals surface area contributed by atoms with Crippen LogP contribution in [0.1, 0.15) is 46.0 Å². The zero-order valence-corrected chi connectivity index (χ0v) is 14.2. The molecule has 1 aromatic heterocycles. The van der Waals surface area contributed by atoms with Gasteiger partial charge in [0.05, 0.1) is 0 Å². The van der Waals surface area contributed by atoms with Crippen LogP contribution in [0, 0.1) is 11.8 Å². The van der Waals surface area contributed by atoms with Gasteiger partial charge in [-0.1, -0.05) is 13.8 Å². The molecule has 2 unspecified atom stereocenters. The van der Waals surface area contributed by atoms with E-state index in [1.165, 1.54) is 12.8 Å². The van der Waals surface area contributed by atoms with E-state index in [4.69, 9.17) is 0 Å². The molecule has 2 fully saturated rings. The van der Waals surface area contributed by atoms with Gasteiger partial charge in [-0.3, -0.25) is 10.1 Å². The summed E-state index contributed by atoms with van der Waals surface area (Å²) >= 11 is 0. The smallest absolute Gasteiger partial charge is 0.226 e. The van der Waals surface area contributed by atoms with Crippen LogP contribution in [0.25, 0.3) is 0 Å². The quantitative estimate of drug-likeness (QED) is 0.874. The molecule has 2 atom stereocenters. The van der Waals surface area contributed by atoms with Crippen LogP contribution in [-0.2, 0) is 11.3 Å². The van der Waals surface area contributed by atoms with Crippen LogP contribution in [0.3, 0.4) is 0 Å². The number of piperidine rings is 1. The number of anilines is 1. The lowest BCUT2D eigenvalue weighted by Crippen LogP contribution is -2.39. The fourth-order valence-corrected chi connectivity index (χ4v) is 3.75. The highest BCUT2D eigenvalue weighted by Crippen LogP contribution is 2.32. The number of aromatic nitrogens is 2. The summed E-state index contributed by atoms with van der Waals surface area (Å²) in [4.78, 5) is 16.5. The van der Waals surface area contributed by atoms with Gasteiger partial charge in [0.25, 0.3) is 0 Å². The molecular formula is C16H27ClN4O. The molecule has 5 nitrogen and oxygen atoms in total. The number of imidazole rings is 1. The monoisotopic (exact) mass is 326 g/mol. The first-order valence-electron chi connectivity index (χ1n) is 8.17. The Morgan fingerprint density at radius 3 is 2.73 bits per heavy atom. The second-order valence-electron chi connectivity index (χ2n) is 7.02. The third kappa shape index (κ3) is 4.23. The minimum absolute atomic E-state index is 0. The number of rotatable bonds is 5. The van der Waals surface area contributed by atoms with Gasteiger partial charge in [0, 0.05) is 37.4 Å². The second-order valence-corrected chi connectivity index (χ2v) is 7.02. The average molecular weight is 327 g/mol. The number of fused-ring (bicyclic) bond motifs is 2. The summed E-state index contributed by atoms with van der Waals surface area (Å²) in [5.41, 5.74) is 0. The van der Waals surface area contributed by atoms with Crippen LogP contribution in [0.5, 0.6) is 0 Å². The molecule has 1 aromatic rings. The first kappa shape index (κ1) is 17.3. The first-order chi connectivity index (χ1) is 10.1. The van der Waals surface area contributed by atoms with Crippen LogP contribution in [0.2, 0.25) is 0 Å². The normalized spacial score (nSPS) is 26.8.